The average Bonchev–Trinajstić information content (AvgIpc) is 2.83. The molecule has 1 aliphatic heterocycles. The molecule has 2 rings (SSSR count). The van der Waals surface area contributed by atoms with Crippen molar-refractivity contribution in [3.05, 3.63) is 10.6 Å². The molecular weight excluding hydrogens is 292 g/mol. The first-order valence-corrected chi connectivity index (χ1v) is 7.83. The number of rotatable bonds is 4. The molecule has 1 aliphatic rings. The van der Waals surface area contributed by atoms with Gasteiger partial charge in [0.05, 0.1) is 18.8 Å². The molecule has 0 aromatic carbocycles. The second-order valence-corrected chi connectivity index (χ2v) is 6.09. The molecule has 0 radical (unpaired) electrons. The summed E-state index contributed by atoms with van der Waals surface area (Å²) >= 11 is 1.24. The predicted molar refractivity (Wildman–Crippen MR) is 80.3 cm³/mol. The SMILES string of the molecule is CCOC(=O)c1nc(N2C[C@@H](C)O[C@@H](C)C2)sc1C(C)=O. The molecule has 1 fully saturated rings. The number of hydrogen-bond acceptors (Lipinski definition) is 7. The summed E-state index contributed by atoms with van der Waals surface area (Å²) in [6, 6.07) is 0. The molecule has 0 saturated carbocycles. The summed E-state index contributed by atoms with van der Waals surface area (Å²) in [5.74, 6) is -0.712. The Morgan fingerprint density at radius 2 is 2.00 bits per heavy atom. The van der Waals surface area contributed by atoms with E-state index in [1.165, 1.54) is 18.3 Å². The number of nitrogens with zero attached hydrogens (tertiary/aromatic N) is 2. The van der Waals surface area contributed by atoms with Crippen LogP contribution in [0.2, 0.25) is 0 Å². The van der Waals surface area contributed by atoms with Crippen molar-refractivity contribution >= 4 is 28.2 Å². The third-order valence-electron chi connectivity index (χ3n) is 3.09. The Kier molecular flexibility index (Phi) is 4.95. The number of hydrogen-bond donors (Lipinski definition) is 0. The molecule has 2 heterocycles. The molecule has 0 unspecified atom stereocenters. The van der Waals surface area contributed by atoms with Crippen LogP contribution in [-0.4, -0.2) is 48.6 Å². The monoisotopic (exact) mass is 312 g/mol. The lowest BCUT2D eigenvalue weighted by molar-refractivity contribution is -0.00523. The van der Waals surface area contributed by atoms with Crippen LogP contribution in [0.3, 0.4) is 0 Å². The maximum absolute atomic E-state index is 11.9. The van der Waals surface area contributed by atoms with Crippen LogP contribution in [-0.2, 0) is 9.47 Å². The van der Waals surface area contributed by atoms with E-state index < -0.39 is 5.97 Å². The number of esters is 1. The van der Waals surface area contributed by atoms with Gasteiger partial charge < -0.3 is 14.4 Å². The van der Waals surface area contributed by atoms with Crippen molar-refractivity contribution in [2.24, 2.45) is 0 Å². The zero-order valence-electron chi connectivity index (χ0n) is 12.7. The van der Waals surface area contributed by atoms with Gasteiger partial charge >= 0.3 is 5.97 Å². The molecule has 1 saturated heterocycles. The van der Waals surface area contributed by atoms with E-state index in [1.54, 1.807) is 6.92 Å². The molecular formula is C14H20N2O4S. The first-order valence-electron chi connectivity index (χ1n) is 7.01. The summed E-state index contributed by atoms with van der Waals surface area (Å²) in [5.41, 5.74) is 0.121. The number of anilines is 1. The van der Waals surface area contributed by atoms with Gasteiger partial charge in [0, 0.05) is 20.0 Å². The Hall–Kier alpha value is -1.47. The molecule has 2 atom stereocenters. The second-order valence-electron chi connectivity index (χ2n) is 5.11. The molecule has 0 amide bonds. The highest BCUT2D eigenvalue weighted by Crippen LogP contribution is 2.29. The zero-order valence-corrected chi connectivity index (χ0v) is 13.5. The third kappa shape index (κ3) is 3.59. The summed E-state index contributed by atoms with van der Waals surface area (Å²) in [4.78, 5) is 30.4. The molecule has 6 nitrogen and oxygen atoms in total. The maximum atomic E-state index is 11.9. The Morgan fingerprint density at radius 3 is 2.52 bits per heavy atom. The summed E-state index contributed by atoms with van der Waals surface area (Å²) in [5, 5.41) is 0.672. The highest BCUT2D eigenvalue weighted by atomic mass is 32.1. The van der Waals surface area contributed by atoms with Gasteiger partial charge in [-0.15, -0.1) is 0 Å². The van der Waals surface area contributed by atoms with Crippen molar-refractivity contribution in [1.29, 1.82) is 0 Å². The summed E-state index contributed by atoms with van der Waals surface area (Å²) in [7, 11) is 0. The van der Waals surface area contributed by atoms with Crippen molar-refractivity contribution in [3.8, 4) is 0 Å². The van der Waals surface area contributed by atoms with Crippen LogP contribution in [0.1, 0.15) is 47.9 Å². The van der Waals surface area contributed by atoms with Gasteiger partial charge in [0.1, 0.15) is 4.88 Å². The predicted octanol–water partition coefficient (Wildman–Crippen LogP) is 2.14. The van der Waals surface area contributed by atoms with Gasteiger partial charge in [-0.1, -0.05) is 11.3 Å². The van der Waals surface area contributed by atoms with Gasteiger partial charge in [0.15, 0.2) is 16.6 Å². The Morgan fingerprint density at radius 1 is 1.38 bits per heavy atom. The topological polar surface area (TPSA) is 68.7 Å². The third-order valence-corrected chi connectivity index (χ3v) is 4.31. The lowest BCUT2D eigenvalue weighted by atomic mass is 10.2. The van der Waals surface area contributed by atoms with Crippen LogP contribution in [0.15, 0.2) is 0 Å². The van der Waals surface area contributed by atoms with Crippen LogP contribution in [0, 0.1) is 0 Å². The summed E-state index contributed by atoms with van der Waals surface area (Å²) in [6.45, 7) is 8.79. The van der Waals surface area contributed by atoms with Crippen LogP contribution in [0.5, 0.6) is 0 Å². The Balaban J connectivity index is 2.30. The zero-order chi connectivity index (χ0) is 15.6. The summed E-state index contributed by atoms with van der Waals surface area (Å²) < 4.78 is 10.7. The van der Waals surface area contributed by atoms with Crippen LogP contribution in [0.25, 0.3) is 0 Å². The quantitative estimate of drug-likeness (QED) is 0.627. The van der Waals surface area contributed by atoms with E-state index in [0.29, 0.717) is 23.1 Å². The molecule has 0 spiro atoms. The molecule has 0 bridgehead atoms. The minimum absolute atomic E-state index is 0.0875. The number of ketones is 1. The van der Waals surface area contributed by atoms with Gasteiger partial charge in [0.25, 0.3) is 0 Å². The van der Waals surface area contributed by atoms with Crippen LogP contribution >= 0.6 is 11.3 Å². The van der Waals surface area contributed by atoms with Gasteiger partial charge in [-0.05, 0) is 20.8 Å². The van der Waals surface area contributed by atoms with Gasteiger partial charge in [-0.3, -0.25) is 4.79 Å². The normalized spacial score (nSPS) is 22.2. The number of Topliss-reactive ketones (excluding diaryl/α,β-unsaturated/α-hetero) is 1. The summed E-state index contributed by atoms with van der Waals surface area (Å²) in [6.07, 6.45) is 0.175. The molecule has 1 aromatic rings. The Labute approximate surface area is 128 Å². The number of morpholine rings is 1. The first-order chi connectivity index (χ1) is 9.92. The van der Waals surface area contributed by atoms with E-state index >= 15 is 0 Å². The number of ether oxygens (including phenoxy) is 2. The standard InChI is InChI=1S/C14H20N2O4S/c1-5-19-13(18)11-12(10(4)17)21-14(15-11)16-6-8(2)20-9(3)7-16/h8-9H,5-7H2,1-4H3/t8-,9+. The van der Waals surface area contributed by atoms with Crippen LogP contribution in [0.4, 0.5) is 5.13 Å². The largest absolute Gasteiger partial charge is 0.461 e. The van der Waals surface area contributed by atoms with E-state index in [9.17, 15) is 9.59 Å². The average molecular weight is 312 g/mol. The van der Waals surface area contributed by atoms with Gasteiger partial charge in [-0.25, -0.2) is 9.78 Å². The molecule has 21 heavy (non-hydrogen) atoms. The minimum Gasteiger partial charge on any atom is -0.461 e. The number of carbonyl (C=O) groups is 2. The van der Waals surface area contributed by atoms with E-state index in [0.717, 1.165) is 0 Å². The number of aromatic nitrogens is 1. The second kappa shape index (κ2) is 6.53. The number of carbonyl (C=O) groups excluding carboxylic acids is 2. The fourth-order valence-electron chi connectivity index (χ4n) is 2.35. The molecule has 116 valence electrons. The van der Waals surface area contributed by atoms with Crippen molar-refractivity contribution < 1.29 is 19.1 Å². The van der Waals surface area contributed by atoms with Crippen molar-refractivity contribution in [1.82, 2.24) is 4.98 Å². The van der Waals surface area contributed by atoms with Crippen molar-refractivity contribution in [3.63, 3.8) is 0 Å². The highest BCUT2D eigenvalue weighted by molar-refractivity contribution is 7.17. The lowest BCUT2D eigenvalue weighted by Gasteiger charge is -2.35. The molecule has 0 N–H and O–H groups in total. The smallest absolute Gasteiger partial charge is 0.358 e. The highest BCUT2D eigenvalue weighted by Gasteiger charge is 2.28. The van der Waals surface area contributed by atoms with E-state index in [1.807, 2.05) is 13.8 Å². The Bertz CT molecular complexity index is 533. The van der Waals surface area contributed by atoms with Crippen molar-refractivity contribution in [2.45, 2.75) is 39.9 Å². The lowest BCUT2D eigenvalue weighted by Crippen LogP contribution is -2.45. The van der Waals surface area contributed by atoms with E-state index in [-0.39, 0.29) is 30.3 Å². The molecule has 7 heteroatoms. The van der Waals surface area contributed by atoms with E-state index in [2.05, 4.69) is 9.88 Å². The first kappa shape index (κ1) is 15.9. The van der Waals surface area contributed by atoms with E-state index in [4.69, 9.17) is 9.47 Å². The fourth-order valence-corrected chi connectivity index (χ4v) is 3.32. The maximum Gasteiger partial charge on any atom is 0.358 e. The molecule has 0 aliphatic carbocycles. The molecule has 1 aromatic heterocycles. The number of thiazole rings is 1. The minimum atomic E-state index is -0.542. The van der Waals surface area contributed by atoms with Crippen molar-refractivity contribution in [2.75, 3.05) is 24.6 Å². The fraction of sp³-hybridized carbons (Fsp3) is 0.643. The van der Waals surface area contributed by atoms with Gasteiger partial charge in [-0.2, -0.15) is 0 Å². The van der Waals surface area contributed by atoms with Crippen LogP contribution < -0.4 is 4.90 Å². The van der Waals surface area contributed by atoms with Gasteiger partial charge in [0.2, 0.25) is 0 Å².